The normalized spacial score (nSPS) is 12.5. The molecule has 0 fully saturated rings. The summed E-state index contributed by atoms with van der Waals surface area (Å²) in [6, 6.07) is 12.1. The van der Waals surface area contributed by atoms with Crippen LogP contribution in [0.15, 0.2) is 42.5 Å². The molecule has 0 saturated heterocycles. The topological polar surface area (TPSA) is 78.4 Å². The number of carbonyl (C=O) groups is 2. The van der Waals surface area contributed by atoms with Crippen molar-refractivity contribution in [1.29, 1.82) is 0 Å². The fraction of sp³-hybridized carbons (Fsp3) is 0.222. The number of hydrogen-bond acceptors (Lipinski definition) is 3. The summed E-state index contributed by atoms with van der Waals surface area (Å²) in [7, 11) is 0. The van der Waals surface area contributed by atoms with Gasteiger partial charge in [0.15, 0.2) is 0 Å². The van der Waals surface area contributed by atoms with Crippen LogP contribution in [0.5, 0.6) is 5.75 Å². The van der Waals surface area contributed by atoms with Gasteiger partial charge in [0.2, 0.25) is 5.91 Å². The number of nitrogens with one attached hydrogen (secondary N) is 2. The molecule has 1 aliphatic rings. The smallest absolute Gasteiger partial charge is 0.251 e. The van der Waals surface area contributed by atoms with Crippen LogP contribution < -0.4 is 10.6 Å². The Hall–Kier alpha value is -2.82. The Morgan fingerprint density at radius 2 is 1.83 bits per heavy atom. The van der Waals surface area contributed by atoms with E-state index in [9.17, 15) is 14.7 Å². The Bertz CT molecular complexity index is 756. The molecule has 0 saturated carbocycles. The van der Waals surface area contributed by atoms with Gasteiger partial charge in [0.1, 0.15) is 5.75 Å². The number of rotatable bonds is 4. The first kappa shape index (κ1) is 15.1. The maximum Gasteiger partial charge on any atom is 0.251 e. The molecule has 2 amide bonds. The summed E-state index contributed by atoms with van der Waals surface area (Å²) in [6.45, 7) is -0.149. The SMILES string of the molecule is O=C(CNC(=O)c1ccc2c(c1)CCC2)Nc1ccccc1O. The maximum atomic E-state index is 12.1. The van der Waals surface area contributed by atoms with Crippen LogP contribution in [-0.4, -0.2) is 23.5 Å². The van der Waals surface area contributed by atoms with Gasteiger partial charge in [-0.2, -0.15) is 0 Å². The van der Waals surface area contributed by atoms with Crippen LogP contribution in [0.2, 0.25) is 0 Å². The summed E-state index contributed by atoms with van der Waals surface area (Å²) in [4.78, 5) is 24.0. The predicted octanol–water partition coefficient (Wildman–Crippen LogP) is 2.25. The second-order valence-electron chi connectivity index (χ2n) is 5.59. The van der Waals surface area contributed by atoms with E-state index in [0.29, 0.717) is 11.3 Å². The minimum absolute atomic E-state index is 0.00852. The molecule has 0 spiro atoms. The average molecular weight is 310 g/mol. The van der Waals surface area contributed by atoms with E-state index < -0.39 is 0 Å². The van der Waals surface area contributed by atoms with Crippen LogP contribution in [0.4, 0.5) is 5.69 Å². The number of amides is 2. The Morgan fingerprint density at radius 3 is 2.65 bits per heavy atom. The lowest BCUT2D eigenvalue weighted by molar-refractivity contribution is -0.115. The largest absolute Gasteiger partial charge is 0.506 e. The third kappa shape index (κ3) is 3.51. The van der Waals surface area contributed by atoms with Gasteiger partial charge >= 0.3 is 0 Å². The lowest BCUT2D eigenvalue weighted by Crippen LogP contribution is -2.32. The second kappa shape index (κ2) is 6.52. The summed E-state index contributed by atoms with van der Waals surface area (Å²) in [5, 5.41) is 14.8. The van der Waals surface area contributed by atoms with Crippen molar-refractivity contribution in [3.63, 3.8) is 0 Å². The lowest BCUT2D eigenvalue weighted by atomic mass is 10.1. The third-order valence-electron chi connectivity index (χ3n) is 3.95. The van der Waals surface area contributed by atoms with Crippen molar-refractivity contribution in [1.82, 2.24) is 5.32 Å². The van der Waals surface area contributed by atoms with E-state index in [-0.39, 0.29) is 24.1 Å². The second-order valence-corrected chi connectivity index (χ2v) is 5.59. The van der Waals surface area contributed by atoms with E-state index in [1.54, 1.807) is 24.3 Å². The van der Waals surface area contributed by atoms with Gasteiger partial charge in [0, 0.05) is 5.56 Å². The Morgan fingerprint density at radius 1 is 1.04 bits per heavy atom. The molecule has 2 aromatic rings. The molecule has 0 atom stereocenters. The number of anilines is 1. The van der Waals surface area contributed by atoms with Crippen LogP contribution in [0, 0.1) is 0 Å². The first-order valence-corrected chi connectivity index (χ1v) is 7.61. The average Bonchev–Trinajstić information content (AvgIpc) is 3.02. The molecular formula is C18H18N2O3. The standard InChI is InChI=1S/C18H18N2O3/c21-16-7-2-1-6-15(16)20-17(22)11-19-18(23)14-9-8-12-4-3-5-13(12)10-14/h1-2,6-10,21H,3-5,11H2,(H,19,23)(H,20,22). The van der Waals surface area contributed by atoms with E-state index in [4.69, 9.17) is 0 Å². The summed E-state index contributed by atoms with van der Waals surface area (Å²) in [6.07, 6.45) is 3.20. The summed E-state index contributed by atoms with van der Waals surface area (Å²) in [5.41, 5.74) is 3.42. The number of carbonyl (C=O) groups excluding carboxylic acids is 2. The van der Waals surface area contributed by atoms with Gasteiger partial charge in [-0.25, -0.2) is 0 Å². The Balaban J connectivity index is 1.56. The van der Waals surface area contributed by atoms with E-state index in [1.165, 1.54) is 17.2 Å². The van der Waals surface area contributed by atoms with Gasteiger partial charge in [-0.1, -0.05) is 18.2 Å². The van der Waals surface area contributed by atoms with Crippen LogP contribution in [0.3, 0.4) is 0 Å². The number of phenols is 1. The number of benzene rings is 2. The molecule has 5 nitrogen and oxygen atoms in total. The highest BCUT2D eigenvalue weighted by atomic mass is 16.3. The van der Waals surface area contributed by atoms with Crippen molar-refractivity contribution in [2.75, 3.05) is 11.9 Å². The van der Waals surface area contributed by atoms with Gasteiger partial charge < -0.3 is 15.7 Å². The number of phenolic OH excluding ortho intramolecular Hbond substituents is 1. The maximum absolute atomic E-state index is 12.1. The minimum atomic E-state index is -0.388. The lowest BCUT2D eigenvalue weighted by Gasteiger charge is -2.09. The first-order chi connectivity index (χ1) is 11.1. The predicted molar refractivity (Wildman–Crippen MR) is 87.5 cm³/mol. The molecule has 2 aromatic carbocycles. The number of hydrogen-bond donors (Lipinski definition) is 3. The van der Waals surface area contributed by atoms with Gasteiger partial charge in [-0.15, -0.1) is 0 Å². The molecule has 118 valence electrons. The van der Waals surface area contributed by atoms with Crippen molar-refractivity contribution < 1.29 is 14.7 Å². The zero-order chi connectivity index (χ0) is 16.2. The molecule has 1 aliphatic carbocycles. The highest BCUT2D eigenvalue weighted by Gasteiger charge is 2.14. The molecule has 0 aromatic heterocycles. The van der Waals surface area contributed by atoms with E-state index in [0.717, 1.165) is 19.3 Å². The molecule has 0 aliphatic heterocycles. The van der Waals surface area contributed by atoms with Crippen LogP contribution >= 0.6 is 0 Å². The molecule has 3 rings (SSSR count). The zero-order valence-electron chi connectivity index (χ0n) is 12.6. The van der Waals surface area contributed by atoms with Crippen molar-refractivity contribution in [2.24, 2.45) is 0 Å². The number of aryl methyl sites for hydroxylation is 2. The third-order valence-corrected chi connectivity index (χ3v) is 3.95. The Labute approximate surface area is 134 Å². The van der Waals surface area contributed by atoms with Gasteiger partial charge in [-0.05, 0) is 54.7 Å². The van der Waals surface area contributed by atoms with Crippen LogP contribution in [-0.2, 0) is 17.6 Å². The fourth-order valence-electron chi connectivity index (χ4n) is 2.75. The highest BCUT2D eigenvalue weighted by Crippen LogP contribution is 2.23. The molecule has 23 heavy (non-hydrogen) atoms. The quantitative estimate of drug-likeness (QED) is 0.758. The summed E-state index contributed by atoms with van der Waals surface area (Å²) < 4.78 is 0. The molecule has 0 radical (unpaired) electrons. The molecule has 0 bridgehead atoms. The Kier molecular flexibility index (Phi) is 4.28. The monoisotopic (exact) mass is 310 g/mol. The van der Waals surface area contributed by atoms with E-state index >= 15 is 0 Å². The van der Waals surface area contributed by atoms with Gasteiger partial charge in [0.05, 0.1) is 12.2 Å². The van der Waals surface area contributed by atoms with Gasteiger partial charge in [0.25, 0.3) is 5.91 Å². The number of aromatic hydroxyl groups is 1. The molecule has 0 unspecified atom stereocenters. The van der Waals surface area contributed by atoms with Crippen molar-refractivity contribution >= 4 is 17.5 Å². The van der Waals surface area contributed by atoms with Crippen LogP contribution in [0.25, 0.3) is 0 Å². The number of fused-ring (bicyclic) bond motifs is 1. The zero-order valence-corrected chi connectivity index (χ0v) is 12.6. The van der Waals surface area contributed by atoms with Gasteiger partial charge in [-0.3, -0.25) is 9.59 Å². The van der Waals surface area contributed by atoms with Crippen molar-refractivity contribution in [3.05, 3.63) is 59.2 Å². The molecular weight excluding hydrogens is 292 g/mol. The first-order valence-electron chi connectivity index (χ1n) is 7.61. The highest BCUT2D eigenvalue weighted by molar-refractivity contribution is 5.99. The molecule has 0 heterocycles. The minimum Gasteiger partial charge on any atom is -0.506 e. The van der Waals surface area contributed by atoms with Crippen molar-refractivity contribution in [3.8, 4) is 5.75 Å². The fourth-order valence-corrected chi connectivity index (χ4v) is 2.75. The molecule has 5 heteroatoms. The van der Waals surface area contributed by atoms with Crippen LogP contribution in [0.1, 0.15) is 27.9 Å². The summed E-state index contributed by atoms with van der Waals surface area (Å²) >= 11 is 0. The molecule has 3 N–H and O–H groups in total. The van der Waals surface area contributed by atoms with E-state index in [1.807, 2.05) is 12.1 Å². The number of para-hydroxylation sites is 2. The van der Waals surface area contributed by atoms with E-state index in [2.05, 4.69) is 10.6 Å². The van der Waals surface area contributed by atoms with Crippen molar-refractivity contribution in [2.45, 2.75) is 19.3 Å². The summed E-state index contributed by atoms with van der Waals surface area (Å²) in [5.74, 6) is -0.668.